The van der Waals surface area contributed by atoms with Crippen LogP contribution in [0.1, 0.15) is 23.8 Å². The minimum Gasteiger partial charge on any atom is -0.494 e. The number of fused-ring (bicyclic) bond motifs is 3. The third kappa shape index (κ3) is 3.10. The fraction of sp³-hybridized carbons (Fsp3) is 0.227. The Kier molecular flexibility index (Phi) is 4.41. The fourth-order valence-corrected chi connectivity index (χ4v) is 4.91. The van der Waals surface area contributed by atoms with E-state index in [9.17, 15) is 0 Å². The van der Waals surface area contributed by atoms with Gasteiger partial charge in [0.2, 0.25) is 0 Å². The average molecular weight is 388 g/mol. The van der Waals surface area contributed by atoms with Crippen LogP contribution in [0.2, 0.25) is 0 Å². The van der Waals surface area contributed by atoms with Gasteiger partial charge in [-0.25, -0.2) is 9.97 Å². The normalized spacial score (nSPS) is 12.9. The van der Waals surface area contributed by atoms with Gasteiger partial charge in [0, 0.05) is 28.5 Å². The molecule has 140 valence electrons. The number of ether oxygens (including phenoxy) is 1. The lowest BCUT2D eigenvalue weighted by atomic mass is 10.1. The molecule has 0 radical (unpaired) electrons. The number of aromatic nitrogens is 3. The number of anilines is 2. The van der Waals surface area contributed by atoms with Gasteiger partial charge in [0.1, 0.15) is 16.4 Å². The molecule has 0 aliphatic heterocycles. The van der Waals surface area contributed by atoms with Crippen molar-refractivity contribution in [3.05, 3.63) is 59.2 Å². The van der Waals surface area contributed by atoms with E-state index in [0.717, 1.165) is 40.5 Å². The predicted molar refractivity (Wildman–Crippen MR) is 114 cm³/mol. The van der Waals surface area contributed by atoms with E-state index in [1.807, 2.05) is 49.5 Å². The van der Waals surface area contributed by atoms with Crippen LogP contribution in [0.25, 0.3) is 21.6 Å². The van der Waals surface area contributed by atoms with Gasteiger partial charge < -0.3 is 10.1 Å². The third-order valence-corrected chi connectivity index (χ3v) is 6.10. The van der Waals surface area contributed by atoms with E-state index < -0.39 is 0 Å². The Labute approximate surface area is 167 Å². The van der Waals surface area contributed by atoms with Crippen molar-refractivity contribution in [2.45, 2.75) is 26.2 Å². The molecule has 1 N–H and O–H groups in total. The first-order valence-electron chi connectivity index (χ1n) is 9.54. The van der Waals surface area contributed by atoms with E-state index in [1.165, 1.54) is 22.2 Å². The molecular weight excluding hydrogens is 368 g/mol. The number of rotatable bonds is 5. The minimum atomic E-state index is 0.662. The smallest absolute Gasteiger partial charge is 0.164 e. The second-order valence-electron chi connectivity index (χ2n) is 6.76. The van der Waals surface area contributed by atoms with Crippen LogP contribution in [0.15, 0.2) is 48.8 Å². The quantitative estimate of drug-likeness (QED) is 0.497. The Morgan fingerprint density at radius 3 is 2.79 bits per heavy atom. The zero-order chi connectivity index (χ0) is 18.9. The summed E-state index contributed by atoms with van der Waals surface area (Å²) >= 11 is 1.80. The summed E-state index contributed by atoms with van der Waals surface area (Å²) in [7, 11) is 0. The van der Waals surface area contributed by atoms with E-state index in [0.29, 0.717) is 12.4 Å². The van der Waals surface area contributed by atoms with Crippen LogP contribution in [0, 0.1) is 0 Å². The Hall–Kier alpha value is -2.99. The van der Waals surface area contributed by atoms with Gasteiger partial charge in [-0.1, -0.05) is 0 Å². The van der Waals surface area contributed by atoms with Crippen LogP contribution in [0.4, 0.5) is 11.5 Å². The molecule has 0 saturated carbocycles. The number of thiophene rings is 1. The standard InChI is InChI=1S/C22H20N4OS/c1-2-27-16-10-8-15(9-11-16)24-21-19-17-6-3-7-18(17)28-22(19)26-20(25-21)14-5-4-12-23-13-14/h4-5,8-13H,2-3,6-7H2,1H3,(H,24,25,26). The summed E-state index contributed by atoms with van der Waals surface area (Å²) in [4.78, 5) is 16.5. The molecule has 1 aromatic carbocycles. The van der Waals surface area contributed by atoms with Gasteiger partial charge in [0.05, 0.1) is 12.0 Å². The van der Waals surface area contributed by atoms with Crippen LogP contribution in [-0.4, -0.2) is 21.6 Å². The molecule has 1 aliphatic carbocycles. The zero-order valence-electron chi connectivity index (χ0n) is 15.6. The topological polar surface area (TPSA) is 59.9 Å². The van der Waals surface area contributed by atoms with Crippen molar-refractivity contribution in [3.63, 3.8) is 0 Å². The summed E-state index contributed by atoms with van der Waals surface area (Å²) in [6, 6.07) is 11.9. The summed E-state index contributed by atoms with van der Waals surface area (Å²) in [5, 5.41) is 4.69. The van der Waals surface area contributed by atoms with E-state index in [-0.39, 0.29) is 0 Å². The Bertz CT molecular complexity index is 1120. The van der Waals surface area contributed by atoms with Crippen molar-refractivity contribution in [3.8, 4) is 17.1 Å². The maximum Gasteiger partial charge on any atom is 0.164 e. The molecule has 0 unspecified atom stereocenters. The van der Waals surface area contributed by atoms with E-state index in [2.05, 4.69) is 10.3 Å². The molecule has 0 saturated heterocycles. The van der Waals surface area contributed by atoms with Gasteiger partial charge in [0.25, 0.3) is 0 Å². The summed E-state index contributed by atoms with van der Waals surface area (Å²) < 4.78 is 5.55. The van der Waals surface area contributed by atoms with Crippen molar-refractivity contribution in [2.75, 3.05) is 11.9 Å². The molecule has 0 atom stereocenters. The molecule has 0 amide bonds. The van der Waals surface area contributed by atoms with E-state index in [1.54, 1.807) is 17.5 Å². The van der Waals surface area contributed by atoms with Crippen LogP contribution in [0.5, 0.6) is 5.75 Å². The van der Waals surface area contributed by atoms with Crippen LogP contribution < -0.4 is 10.1 Å². The van der Waals surface area contributed by atoms with Crippen molar-refractivity contribution in [2.24, 2.45) is 0 Å². The molecule has 28 heavy (non-hydrogen) atoms. The number of hydrogen-bond donors (Lipinski definition) is 1. The second kappa shape index (κ2) is 7.20. The summed E-state index contributed by atoms with van der Waals surface area (Å²) in [6.45, 7) is 2.65. The highest BCUT2D eigenvalue weighted by Crippen LogP contribution is 2.41. The number of hydrogen-bond acceptors (Lipinski definition) is 6. The lowest BCUT2D eigenvalue weighted by Crippen LogP contribution is -1.99. The van der Waals surface area contributed by atoms with Gasteiger partial charge in [-0.15, -0.1) is 11.3 Å². The Balaban J connectivity index is 1.61. The zero-order valence-corrected chi connectivity index (χ0v) is 16.4. The molecule has 5 nitrogen and oxygen atoms in total. The summed E-state index contributed by atoms with van der Waals surface area (Å²) in [5.41, 5.74) is 3.32. The minimum absolute atomic E-state index is 0.662. The van der Waals surface area contributed by atoms with Gasteiger partial charge in [-0.05, 0) is 68.1 Å². The maximum absolute atomic E-state index is 5.55. The van der Waals surface area contributed by atoms with Gasteiger partial charge in [-0.2, -0.15) is 0 Å². The highest BCUT2D eigenvalue weighted by Gasteiger charge is 2.23. The lowest BCUT2D eigenvalue weighted by molar-refractivity contribution is 0.340. The molecule has 1 aliphatic rings. The van der Waals surface area contributed by atoms with Crippen molar-refractivity contribution >= 4 is 33.1 Å². The molecule has 5 rings (SSSR count). The highest BCUT2D eigenvalue weighted by molar-refractivity contribution is 7.19. The largest absolute Gasteiger partial charge is 0.494 e. The van der Waals surface area contributed by atoms with Crippen molar-refractivity contribution in [1.82, 2.24) is 15.0 Å². The number of benzene rings is 1. The molecule has 4 aromatic rings. The second-order valence-corrected chi connectivity index (χ2v) is 7.84. The summed E-state index contributed by atoms with van der Waals surface area (Å²) in [5.74, 6) is 2.44. The first-order valence-corrected chi connectivity index (χ1v) is 10.4. The number of nitrogens with one attached hydrogen (secondary N) is 1. The number of aryl methyl sites for hydroxylation is 2. The first kappa shape index (κ1) is 17.1. The molecule has 0 spiro atoms. The molecule has 0 bridgehead atoms. The predicted octanol–water partition coefficient (Wildman–Crippen LogP) is 5.38. The monoisotopic (exact) mass is 388 g/mol. The van der Waals surface area contributed by atoms with Crippen LogP contribution in [0.3, 0.4) is 0 Å². The Morgan fingerprint density at radius 2 is 2.00 bits per heavy atom. The maximum atomic E-state index is 5.55. The fourth-order valence-electron chi connectivity index (χ4n) is 3.65. The first-order chi connectivity index (χ1) is 13.8. The van der Waals surface area contributed by atoms with Gasteiger partial charge >= 0.3 is 0 Å². The SMILES string of the molecule is CCOc1ccc(Nc2nc(-c3cccnc3)nc3sc4c(c23)CCC4)cc1. The number of nitrogens with zero attached hydrogens (tertiary/aromatic N) is 3. The van der Waals surface area contributed by atoms with Gasteiger partial charge in [-0.3, -0.25) is 4.98 Å². The molecule has 0 fully saturated rings. The molecule has 3 heterocycles. The highest BCUT2D eigenvalue weighted by atomic mass is 32.1. The van der Waals surface area contributed by atoms with Crippen LogP contribution in [-0.2, 0) is 12.8 Å². The van der Waals surface area contributed by atoms with Crippen LogP contribution >= 0.6 is 11.3 Å². The lowest BCUT2D eigenvalue weighted by Gasteiger charge is -2.11. The average Bonchev–Trinajstić information content (AvgIpc) is 3.31. The Morgan fingerprint density at radius 1 is 1.11 bits per heavy atom. The van der Waals surface area contributed by atoms with Crippen molar-refractivity contribution in [1.29, 1.82) is 0 Å². The number of pyridine rings is 1. The van der Waals surface area contributed by atoms with E-state index >= 15 is 0 Å². The van der Waals surface area contributed by atoms with E-state index in [4.69, 9.17) is 14.7 Å². The summed E-state index contributed by atoms with van der Waals surface area (Å²) in [6.07, 6.45) is 7.03. The van der Waals surface area contributed by atoms with Crippen molar-refractivity contribution < 1.29 is 4.74 Å². The molecular formula is C22H20N4OS. The molecule has 3 aromatic heterocycles. The third-order valence-electron chi connectivity index (χ3n) is 4.91. The molecule has 6 heteroatoms. The van der Waals surface area contributed by atoms with Gasteiger partial charge in [0.15, 0.2) is 5.82 Å².